The Morgan fingerprint density at radius 2 is 2.11 bits per heavy atom. The van der Waals surface area contributed by atoms with E-state index in [-0.39, 0.29) is 17.4 Å². The standard InChI is InChI=1S/C19H21FN2O4S/c1-4-26-14-9-19(17(24)25,18(14,2)3)22-15(23)13-10-21-16(27-13)11-7-5-6-8-12(11)20/h5-8,10,14H,4,9H2,1-3H3,(H,22,23)(H,24,25). The molecule has 0 aliphatic heterocycles. The Morgan fingerprint density at radius 1 is 1.41 bits per heavy atom. The number of thiazole rings is 1. The van der Waals surface area contributed by atoms with Gasteiger partial charge in [0.25, 0.3) is 5.91 Å². The topological polar surface area (TPSA) is 88.5 Å². The molecule has 2 atom stereocenters. The van der Waals surface area contributed by atoms with Crippen molar-refractivity contribution in [3.8, 4) is 10.6 Å². The molecule has 0 radical (unpaired) electrons. The Morgan fingerprint density at radius 3 is 2.70 bits per heavy atom. The van der Waals surface area contributed by atoms with E-state index in [1.807, 2.05) is 6.92 Å². The molecule has 1 heterocycles. The third kappa shape index (κ3) is 3.12. The lowest BCUT2D eigenvalue weighted by atomic mass is 9.54. The molecule has 27 heavy (non-hydrogen) atoms. The summed E-state index contributed by atoms with van der Waals surface area (Å²) in [4.78, 5) is 29.0. The van der Waals surface area contributed by atoms with E-state index < -0.39 is 28.6 Å². The number of aliphatic carboxylic acids is 1. The van der Waals surface area contributed by atoms with Gasteiger partial charge in [-0.05, 0) is 19.1 Å². The molecule has 1 aliphatic rings. The number of halogens is 1. The lowest BCUT2D eigenvalue weighted by Gasteiger charge is -2.58. The zero-order chi connectivity index (χ0) is 19.8. The molecule has 3 rings (SSSR count). The Bertz CT molecular complexity index is 882. The zero-order valence-electron chi connectivity index (χ0n) is 15.3. The molecule has 2 aromatic rings. The normalized spacial score (nSPS) is 23.5. The molecule has 6 nitrogen and oxygen atoms in total. The third-order valence-electron chi connectivity index (χ3n) is 5.29. The highest BCUT2D eigenvalue weighted by Gasteiger charge is 2.66. The Hall–Kier alpha value is -2.32. The van der Waals surface area contributed by atoms with Crippen LogP contribution in [0.15, 0.2) is 30.5 Å². The zero-order valence-corrected chi connectivity index (χ0v) is 16.1. The summed E-state index contributed by atoms with van der Waals surface area (Å²) in [5, 5.41) is 12.8. The number of hydrogen-bond acceptors (Lipinski definition) is 5. The smallest absolute Gasteiger partial charge is 0.330 e. The fraction of sp³-hybridized carbons (Fsp3) is 0.421. The van der Waals surface area contributed by atoms with Crippen molar-refractivity contribution >= 4 is 23.2 Å². The van der Waals surface area contributed by atoms with Crippen LogP contribution in [0.25, 0.3) is 10.6 Å². The largest absolute Gasteiger partial charge is 0.479 e. The van der Waals surface area contributed by atoms with E-state index in [0.29, 0.717) is 17.2 Å². The van der Waals surface area contributed by atoms with Crippen molar-refractivity contribution in [3.05, 3.63) is 41.2 Å². The van der Waals surface area contributed by atoms with Crippen molar-refractivity contribution in [2.24, 2.45) is 5.41 Å². The summed E-state index contributed by atoms with van der Waals surface area (Å²) in [5.74, 6) is -2.07. The van der Waals surface area contributed by atoms with Crippen LogP contribution in [0.2, 0.25) is 0 Å². The second-order valence-corrected chi connectivity index (χ2v) is 8.07. The maximum atomic E-state index is 13.9. The molecule has 1 fully saturated rings. The van der Waals surface area contributed by atoms with Crippen molar-refractivity contribution in [1.82, 2.24) is 10.3 Å². The van der Waals surface area contributed by atoms with Crippen molar-refractivity contribution in [2.75, 3.05) is 6.61 Å². The van der Waals surface area contributed by atoms with Crippen LogP contribution in [0.4, 0.5) is 4.39 Å². The van der Waals surface area contributed by atoms with E-state index in [4.69, 9.17) is 4.74 Å². The number of carboxylic acid groups (broad SMARTS) is 1. The number of carbonyl (C=O) groups is 2. The molecule has 1 aromatic heterocycles. The van der Waals surface area contributed by atoms with Crippen LogP contribution in [0, 0.1) is 11.2 Å². The van der Waals surface area contributed by atoms with Crippen LogP contribution >= 0.6 is 11.3 Å². The minimum atomic E-state index is -1.42. The summed E-state index contributed by atoms with van der Waals surface area (Å²) in [5.41, 5.74) is -1.90. The van der Waals surface area contributed by atoms with Crippen molar-refractivity contribution < 1.29 is 23.8 Å². The fourth-order valence-corrected chi connectivity index (χ4v) is 4.27. The highest BCUT2D eigenvalue weighted by atomic mass is 32.1. The number of nitrogens with zero attached hydrogens (tertiary/aromatic N) is 1. The van der Waals surface area contributed by atoms with Gasteiger partial charge in [-0.25, -0.2) is 14.2 Å². The molecule has 1 aliphatic carbocycles. The summed E-state index contributed by atoms with van der Waals surface area (Å²) in [6, 6.07) is 6.16. The van der Waals surface area contributed by atoms with Gasteiger partial charge in [-0.1, -0.05) is 26.0 Å². The fourth-order valence-electron chi connectivity index (χ4n) is 3.43. The minimum absolute atomic E-state index is 0.188. The van der Waals surface area contributed by atoms with E-state index in [9.17, 15) is 19.1 Å². The molecule has 0 saturated heterocycles. The highest BCUT2D eigenvalue weighted by Crippen LogP contribution is 2.51. The summed E-state index contributed by atoms with van der Waals surface area (Å²) >= 11 is 1.02. The monoisotopic (exact) mass is 392 g/mol. The number of nitrogens with one attached hydrogen (secondary N) is 1. The van der Waals surface area contributed by atoms with Gasteiger partial charge in [0.1, 0.15) is 21.2 Å². The molecule has 2 unspecified atom stereocenters. The number of hydrogen-bond donors (Lipinski definition) is 2. The number of benzene rings is 1. The van der Waals surface area contributed by atoms with Gasteiger partial charge in [-0.15, -0.1) is 11.3 Å². The summed E-state index contributed by atoms with van der Waals surface area (Å²) in [7, 11) is 0. The molecule has 8 heteroatoms. The van der Waals surface area contributed by atoms with Gasteiger partial charge in [0.15, 0.2) is 0 Å². The second kappa shape index (κ2) is 7.01. The van der Waals surface area contributed by atoms with Gasteiger partial charge < -0.3 is 15.2 Å². The van der Waals surface area contributed by atoms with Crippen LogP contribution < -0.4 is 5.32 Å². The van der Waals surface area contributed by atoms with Crippen LogP contribution in [0.3, 0.4) is 0 Å². The van der Waals surface area contributed by atoms with E-state index in [2.05, 4.69) is 10.3 Å². The summed E-state index contributed by atoms with van der Waals surface area (Å²) in [6.45, 7) is 5.85. The maximum absolute atomic E-state index is 13.9. The molecule has 0 bridgehead atoms. The molecule has 1 aromatic carbocycles. The predicted octanol–water partition coefficient (Wildman–Crippen LogP) is 3.34. The molecular formula is C19H21FN2O4S. The van der Waals surface area contributed by atoms with E-state index in [0.717, 1.165) is 11.3 Å². The second-order valence-electron chi connectivity index (χ2n) is 7.04. The van der Waals surface area contributed by atoms with Gasteiger partial charge in [0.05, 0.1) is 12.3 Å². The first-order valence-corrected chi connectivity index (χ1v) is 9.43. The van der Waals surface area contributed by atoms with Crippen LogP contribution in [-0.2, 0) is 9.53 Å². The molecule has 1 saturated carbocycles. The number of ether oxygens (including phenoxy) is 1. The van der Waals surface area contributed by atoms with E-state index >= 15 is 0 Å². The quantitative estimate of drug-likeness (QED) is 0.787. The highest BCUT2D eigenvalue weighted by molar-refractivity contribution is 7.16. The lowest BCUT2D eigenvalue weighted by molar-refractivity contribution is -0.190. The molecule has 144 valence electrons. The number of rotatable bonds is 6. The van der Waals surface area contributed by atoms with Crippen LogP contribution in [0.5, 0.6) is 0 Å². The van der Waals surface area contributed by atoms with E-state index in [1.54, 1.807) is 32.0 Å². The van der Waals surface area contributed by atoms with Gasteiger partial charge in [-0.2, -0.15) is 0 Å². The molecule has 1 amide bonds. The Labute approximate surface area is 160 Å². The lowest BCUT2D eigenvalue weighted by Crippen LogP contribution is -2.76. The van der Waals surface area contributed by atoms with Crippen molar-refractivity contribution in [1.29, 1.82) is 0 Å². The van der Waals surface area contributed by atoms with Crippen LogP contribution in [-0.4, -0.2) is 40.2 Å². The average molecular weight is 392 g/mol. The molecular weight excluding hydrogens is 371 g/mol. The predicted molar refractivity (Wildman–Crippen MR) is 99.2 cm³/mol. The van der Waals surface area contributed by atoms with Crippen LogP contribution in [0.1, 0.15) is 36.9 Å². The van der Waals surface area contributed by atoms with Gasteiger partial charge in [-0.3, -0.25) is 4.79 Å². The SMILES string of the molecule is CCOC1CC(NC(=O)c2cnc(-c3ccccc3F)s2)(C(=O)O)C1(C)C. The van der Waals surface area contributed by atoms with Gasteiger partial charge >= 0.3 is 5.97 Å². The summed E-state index contributed by atoms with van der Waals surface area (Å²) < 4.78 is 19.5. The number of carbonyl (C=O) groups excluding carboxylic acids is 1. The Kier molecular flexibility index (Phi) is 5.05. The van der Waals surface area contributed by atoms with Gasteiger partial charge in [0, 0.05) is 24.0 Å². The first-order chi connectivity index (χ1) is 12.7. The first-order valence-electron chi connectivity index (χ1n) is 8.61. The van der Waals surface area contributed by atoms with Crippen molar-refractivity contribution in [3.63, 3.8) is 0 Å². The van der Waals surface area contributed by atoms with Gasteiger partial charge in [0.2, 0.25) is 0 Å². The molecule has 0 spiro atoms. The Balaban J connectivity index is 1.83. The molecule has 2 N–H and O–H groups in total. The number of amides is 1. The summed E-state index contributed by atoms with van der Waals surface area (Å²) in [6.07, 6.45) is 1.27. The van der Waals surface area contributed by atoms with E-state index in [1.165, 1.54) is 12.3 Å². The first kappa shape index (κ1) is 19.4. The number of carboxylic acids is 1. The third-order valence-corrected chi connectivity index (χ3v) is 6.32. The van der Waals surface area contributed by atoms with Crippen molar-refractivity contribution in [2.45, 2.75) is 38.8 Å². The average Bonchev–Trinajstić information content (AvgIpc) is 3.10. The minimum Gasteiger partial charge on any atom is -0.479 e. The maximum Gasteiger partial charge on any atom is 0.330 e. The number of aromatic nitrogens is 1.